The van der Waals surface area contributed by atoms with Crippen LogP contribution in [0.5, 0.6) is 5.75 Å². The predicted octanol–water partition coefficient (Wildman–Crippen LogP) is 2.05. The Bertz CT molecular complexity index is 424. The molecule has 3 heteroatoms. The molecule has 0 amide bonds. The first kappa shape index (κ1) is 12.4. The van der Waals surface area contributed by atoms with Crippen molar-refractivity contribution < 1.29 is 4.74 Å². The molecule has 0 bridgehead atoms. The third-order valence-electron chi connectivity index (χ3n) is 3.95. The highest BCUT2D eigenvalue weighted by Gasteiger charge is 2.48. The van der Waals surface area contributed by atoms with Crippen LogP contribution in [0, 0.1) is 19.3 Å². The van der Waals surface area contributed by atoms with E-state index in [2.05, 4.69) is 26.0 Å². The Hall–Kier alpha value is -1.06. The van der Waals surface area contributed by atoms with Gasteiger partial charge in [0.15, 0.2) is 0 Å². The minimum atomic E-state index is -0.0129. The first-order chi connectivity index (χ1) is 8.04. The van der Waals surface area contributed by atoms with Gasteiger partial charge < -0.3 is 16.2 Å². The van der Waals surface area contributed by atoms with Crippen LogP contribution in [0.1, 0.15) is 35.6 Å². The number of ether oxygens (including phenoxy) is 1. The number of methoxy groups -OCH3 is 1. The summed E-state index contributed by atoms with van der Waals surface area (Å²) in [5.74, 6) is 0.919. The van der Waals surface area contributed by atoms with Gasteiger partial charge in [0.05, 0.1) is 7.11 Å². The first-order valence-electron chi connectivity index (χ1n) is 6.15. The van der Waals surface area contributed by atoms with Crippen LogP contribution >= 0.6 is 0 Å². The highest BCUT2D eigenvalue weighted by atomic mass is 16.5. The molecule has 1 aromatic carbocycles. The zero-order valence-corrected chi connectivity index (χ0v) is 10.9. The number of nitrogens with two attached hydrogens (primary N) is 2. The van der Waals surface area contributed by atoms with Crippen LogP contribution in [-0.2, 0) is 0 Å². The predicted molar refractivity (Wildman–Crippen MR) is 70.1 cm³/mol. The fourth-order valence-electron chi connectivity index (χ4n) is 2.63. The number of hydrogen-bond acceptors (Lipinski definition) is 3. The molecule has 1 atom stereocenters. The highest BCUT2D eigenvalue weighted by Crippen LogP contribution is 2.54. The van der Waals surface area contributed by atoms with Crippen molar-refractivity contribution in [2.75, 3.05) is 13.7 Å². The second-order valence-corrected chi connectivity index (χ2v) is 5.25. The lowest BCUT2D eigenvalue weighted by atomic mass is 9.88. The minimum Gasteiger partial charge on any atom is -0.496 e. The summed E-state index contributed by atoms with van der Waals surface area (Å²) in [5, 5.41) is 0. The van der Waals surface area contributed by atoms with Crippen molar-refractivity contribution in [1.29, 1.82) is 0 Å². The summed E-state index contributed by atoms with van der Waals surface area (Å²) in [7, 11) is 1.70. The van der Waals surface area contributed by atoms with Gasteiger partial charge in [0.2, 0.25) is 0 Å². The van der Waals surface area contributed by atoms with Crippen LogP contribution in [0.25, 0.3) is 0 Å². The van der Waals surface area contributed by atoms with E-state index in [4.69, 9.17) is 16.2 Å². The lowest BCUT2D eigenvalue weighted by Gasteiger charge is -2.25. The zero-order chi connectivity index (χ0) is 12.6. The van der Waals surface area contributed by atoms with Gasteiger partial charge in [0.1, 0.15) is 5.75 Å². The van der Waals surface area contributed by atoms with Gasteiger partial charge in [0, 0.05) is 17.0 Å². The van der Waals surface area contributed by atoms with Gasteiger partial charge in [-0.2, -0.15) is 0 Å². The molecule has 1 aliphatic carbocycles. The normalized spacial score (nSPS) is 18.9. The standard InChI is InChI=1S/C14H22N2O/c1-9-6-10(2)12(17-3)11(7-9)13(16)14(8-15)4-5-14/h6-7,13H,4-5,8,15-16H2,1-3H3. The second-order valence-electron chi connectivity index (χ2n) is 5.25. The number of benzene rings is 1. The van der Waals surface area contributed by atoms with E-state index in [1.165, 1.54) is 5.56 Å². The van der Waals surface area contributed by atoms with E-state index in [9.17, 15) is 0 Å². The fraction of sp³-hybridized carbons (Fsp3) is 0.571. The lowest BCUT2D eigenvalue weighted by Crippen LogP contribution is -2.30. The molecule has 1 aliphatic rings. The van der Waals surface area contributed by atoms with Crippen molar-refractivity contribution >= 4 is 0 Å². The largest absolute Gasteiger partial charge is 0.496 e. The highest BCUT2D eigenvalue weighted by molar-refractivity contribution is 5.46. The second kappa shape index (κ2) is 4.31. The maximum absolute atomic E-state index is 6.40. The number of aryl methyl sites for hydroxylation is 2. The van der Waals surface area contributed by atoms with Gasteiger partial charge in [-0.1, -0.05) is 17.7 Å². The van der Waals surface area contributed by atoms with Crippen molar-refractivity contribution in [1.82, 2.24) is 0 Å². The van der Waals surface area contributed by atoms with Gasteiger partial charge >= 0.3 is 0 Å². The lowest BCUT2D eigenvalue weighted by molar-refractivity contribution is 0.373. The van der Waals surface area contributed by atoms with Crippen molar-refractivity contribution in [3.8, 4) is 5.75 Å². The molecule has 0 saturated heterocycles. The Morgan fingerprint density at radius 3 is 2.47 bits per heavy atom. The molecule has 0 spiro atoms. The van der Waals surface area contributed by atoms with Crippen molar-refractivity contribution in [3.05, 3.63) is 28.8 Å². The van der Waals surface area contributed by atoms with Crippen molar-refractivity contribution in [3.63, 3.8) is 0 Å². The maximum atomic E-state index is 6.40. The molecular formula is C14H22N2O. The van der Waals surface area contributed by atoms with Crippen LogP contribution in [-0.4, -0.2) is 13.7 Å². The summed E-state index contributed by atoms with van der Waals surface area (Å²) in [6, 6.07) is 4.24. The molecule has 1 saturated carbocycles. The van der Waals surface area contributed by atoms with Crippen LogP contribution in [0.2, 0.25) is 0 Å². The van der Waals surface area contributed by atoms with Crippen LogP contribution in [0.3, 0.4) is 0 Å². The van der Waals surface area contributed by atoms with Crippen molar-refractivity contribution in [2.24, 2.45) is 16.9 Å². The smallest absolute Gasteiger partial charge is 0.126 e. The average Bonchev–Trinajstić information content (AvgIpc) is 3.08. The molecule has 0 aromatic heterocycles. The Morgan fingerprint density at radius 1 is 1.35 bits per heavy atom. The summed E-state index contributed by atoms with van der Waals surface area (Å²) in [4.78, 5) is 0. The summed E-state index contributed by atoms with van der Waals surface area (Å²) in [5.41, 5.74) is 15.8. The quantitative estimate of drug-likeness (QED) is 0.838. The van der Waals surface area contributed by atoms with Crippen LogP contribution < -0.4 is 16.2 Å². The Labute approximate surface area is 103 Å². The topological polar surface area (TPSA) is 61.3 Å². The molecule has 1 fully saturated rings. The van der Waals surface area contributed by atoms with Gasteiger partial charge in [-0.3, -0.25) is 0 Å². The molecule has 2 rings (SSSR count). The maximum Gasteiger partial charge on any atom is 0.126 e. The van der Waals surface area contributed by atoms with E-state index in [1.807, 2.05) is 0 Å². The Balaban J connectivity index is 2.43. The summed E-state index contributed by atoms with van der Waals surface area (Å²) in [6.45, 7) is 4.80. The fourth-order valence-corrected chi connectivity index (χ4v) is 2.63. The molecule has 94 valence electrons. The van der Waals surface area contributed by atoms with E-state index >= 15 is 0 Å². The number of rotatable bonds is 4. The summed E-state index contributed by atoms with van der Waals surface area (Å²) >= 11 is 0. The Morgan fingerprint density at radius 2 is 2.00 bits per heavy atom. The van der Waals surface area contributed by atoms with E-state index in [-0.39, 0.29) is 11.5 Å². The first-order valence-corrected chi connectivity index (χ1v) is 6.15. The molecule has 1 unspecified atom stereocenters. The SMILES string of the molecule is COc1c(C)cc(C)cc1C(N)C1(CN)CC1. The van der Waals surface area contributed by atoms with E-state index in [1.54, 1.807) is 7.11 Å². The molecular weight excluding hydrogens is 212 g/mol. The molecule has 0 heterocycles. The van der Waals surface area contributed by atoms with Gasteiger partial charge in [-0.05, 0) is 38.8 Å². The average molecular weight is 234 g/mol. The Kier molecular flexibility index (Phi) is 3.15. The van der Waals surface area contributed by atoms with E-state index in [0.29, 0.717) is 6.54 Å². The van der Waals surface area contributed by atoms with Crippen LogP contribution in [0.4, 0.5) is 0 Å². The third-order valence-corrected chi connectivity index (χ3v) is 3.95. The third kappa shape index (κ3) is 2.05. The van der Waals surface area contributed by atoms with E-state index < -0.39 is 0 Å². The molecule has 17 heavy (non-hydrogen) atoms. The molecule has 4 N–H and O–H groups in total. The minimum absolute atomic E-state index is 0.0129. The molecule has 1 aromatic rings. The zero-order valence-electron chi connectivity index (χ0n) is 10.9. The monoisotopic (exact) mass is 234 g/mol. The van der Waals surface area contributed by atoms with Gasteiger partial charge in [-0.25, -0.2) is 0 Å². The molecule has 0 radical (unpaired) electrons. The van der Waals surface area contributed by atoms with Crippen LogP contribution in [0.15, 0.2) is 12.1 Å². The molecule has 0 aliphatic heterocycles. The van der Waals surface area contributed by atoms with E-state index in [0.717, 1.165) is 29.7 Å². The van der Waals surface area contributed by atoms with Gasteiger partial charge in [-0.15, -0.1) is 0 Å². The molecule has 3 nitrogen and oxygen atoms in total. The van der Waals surface area contributed by atoms with Gasteiger partial charge in [0.25, 0.3) is 0 Å². The number of hydrogen-bond donors (Lipinski definition) is 2. The van der Waals surface area contributed by atoms with Crippen molar-refractivity contribution in [2.45, 2.75) is 32.7 Å². The summed E-state index contributed by atoms with van der Waals surface area (Å²) < 4.78 is 5.50. The summed E-state index contributed by atoms with van der Waals surface area (Å²) in [6.07, 6.45) is 2.25.